The van der Waals surface area contributed by atoms with Crippen molar-refractivity contribution in [2.24, 2.45) is 10.7 Å². The Labute approximate surface area is 143 Å². The number of carbonyl (C=O) groups is 1. The highest BCUT2D eigenvalue weighted by Crippen LogP contribution is 2.09. The Balaban J connectivity index is 1.68. The number of carbonyl (C=O) groups excluding carboxylic acids is 1. The Morgan fingerprint density at radius 2 is 1.79 bits per heavy atom. The van der Waals surface area contributed by atoms with Gasteiger partial charge in [-0.2, -0.15) is 0 Å². The number of hydrogen-bond donors (Lipinski definition) is 3. The molecule has 5 heteroatoms. The highest BCUT2D eigenvalue weighted by molar-refractivity contribution is 5.94. The molecule has 0 atom stereocenters. The van der Waals surface area contributed by atoms with Crippen LogP contribution in [0.25, 0.3) is 0 Å². The van der Waals surface area contributed by atoms with Gasteiger partial charge in [0.05, 0.1) is 0 Å². The maximum absolute atomic E-state index is 11.9. The molecule has 0 fully saturated rings. The summed E-state index contributed by atoms with van der Waals surface area (Å²) in [5, 5.41) is 5.92. The summed E-state index contributed by atoms with van der Waals surface area (Å²) in [5.74, 6) is 0.315. The minimum absolute atomic E-state index is 0.0679. The summed E-state index contributed by atoms with van der Waals surface area (Å²) in [6, 6.07) is 17.3. The van der Waals surface area contributed by atoms with Crippen molar-refractivity contribution in [2.45, 2.75) is 19.8 Å². The van der Waals surface area contributed by atoms with Crippen LogP contribution in [0, 0.1) is 0 Å². The third-order valence-corrected chi connectivity index (χ3v) is 3.57. The Morgan fingerprint density at radius 1 is 1.08 bits per heavy atom. The summed E-state index contributed by atoms with van der Waals surface area (Å²) in [6.07, 6.45) is 1.74. The number of hydrogen-bond acceptors (Lipinski definition) is 2. The number of nitrogens with one attached hydrogen (secondary N) is 2. The quantitative estimate of drug-likeness (QED) is 0.416. The van der Waals surface area contributed by atoms with E-state index < -0.39 is 0 Å². The predicted molar refractivity (Wildman–Crippen MR) is 99.3 cm³/mol. The van der Waals surface area contributed by atoms with Gasteiger partial charge in [-0.1, -0.05) is 37.3 Å². The van der Waals surface area contributed by atoms with Gasteiger partial charge in [0.1, 0.15) is 0 Å². The lowest BCUT2D eigenvalue weighted by Crippen LogP contribution is -2.26. The molecular weight excluding hydrogens is 300 g/mol. The van der Waals surface area contributed by atoms with Gasteiger partial charge in [0, 0.05) is 24.3 Å². The molecule has 0 unspecified atom stereocenters. The molecule has 0 bridgehead atoms. The number of nitrogens with zero attached hydrogens (tertiary/aromatic N) is 1. The Hall–Kier alpha value is -2.82. The van der Waals surface area contributed by atoms with Crippen LogP contribution in [0.15, 0.2) is 59.6 Å². The fourth-order valence-corrected chi connectivity index (χ4v) is 2.18. The van der Waals surface area contributed by atoms with Crippen LogP contribution in [0.4, 0.5) is 5.69 Å². The molecule has 0 aliphatic carbocycles. The topological polar surface area (TPSA) is 79.5 Å². The number of guanidine groups is 1. The fourth-order valence-electron chi connectivity index (χ4n) is 2.18. The van der Waals surface area contributed by atoms with Crippen LogP contribution in [0.5, 0.6) is 0 Å². The van der Waals surface area contributed by atoms with Gasteiger partial charge in [-0.05, 0) is 42.7 Å². The van der Waals surface area contributed by atoms with Gasteiger partial charge in [-0.25, -0.2) is 0 Å². The second kappa shape index (κ2) is 9.35. The molecule has 1 amide bonds. The first-order valence-corrected chi connectivity index (χ1v) is 8.18. The fraction of sp³-hybridized carbons (Fsp3) is 0.263. The Kier molecular flexibility index (Phi) is 6.83. The van der Waals surface area contributed by atoms with E-state index in [1.807, 2.05) is 30.3 Å². The minimum atomic E-state index is -0.0679. The molecule has 0 radical (unpaired) electrons. The summed E-state index contributed by atoms with van der Waals surface area (Å²) in [6.45, 7) is 3.24. The number of aryl methyl sites for hydroxylation is 1. The highest BCUT2D eigenvalue weighted by Gasteiger charge is 2.02. The average molecular weight is 324 g/mol. The molecule has 2 aromatic rings. The molecule has 0 saturated carbocycles. The van der Waals surface area contributed by atoms with Crippen LogP contribution in [0.2, 0.25) is 0 Å². The number of benzene rings is 2. The number of nitrogens with two attached hydrogens (primary N) is 1. The standard InChI is InChI=1S/C19H24N4O/c1-2-15-9-11-17(12-10-15)23-19(20)22-14-6-13-21-18(24)16-7-4-3-5-8-16/h3-5,7-12H,2,6,13-14H2,1H3,(H,21,24)(H3,20,22,23). The molecule has 2 rings (SSSR count). The van der Waals surface area contributed by atoms with E-state index >= 15 is 0 Å². The van der Waals surface area contributed by atoms with Gasteiger partial charge in [0.25, 0.3) is 5.91 Å². The van der Waals surface area contributed by atoms with E-state index in [1.165, 1.54) is 5.56 Å². The first kappa shape index (κ1) is 17.5. The molecule has 5 nitrogen and oxygen atoms in total. The molecular formula is C19H24N4O. The van der Waals surface area contributed by atoms with Crippen molar-refractivity contribution in [3.8, 4) is 0 Å². The number of rotatable bonds is 7. The largest absolute Gasteiger partial charge is 0.370 e. The van der Waals surface area contributed by atoms with Gasteiger partial charge in [-0.3, -0.25) is 9.79 Å². The van der Waals surface area contributed by atoms with Crippen LogP contribution in [0.1, 0.15) is 29.3 Å². The lowest BCUT2D eigenvalue weighted by atomic mass is 10.1. The SMILES string of the molecule is CCc1ccc(NC(N)=NCCCNC(=O)c2ccccc2)cc1. The molecule has 0 heterocycles. The minimum Gasteiger partial charge on any atom is -0.370 e. The van der Waals surface area contributed by atoms with Gasteiger partial charge in [0.2, 0.25) is 0 Å². The zero-order chi connectivity index (χ0) is 17.2. The summed E-state index contributed by atoms with van der Waals surface area (Å²) in [7, 11) is 0. The van der Waals surface area contributed by atoms with Gasteiger partial charge >= 0.3 is 0 Å². The zero-order valence-electron chi connectivity index (χ0n) is 14.0. The normalized spacial score (nSPS) is 11.1. The van der Waals surface area contributed by atoms with E-state index in [-0.39, 0.29) is 5.91 Å². The summed E-state index contributed by atoms with van der Waals surface area (Å²) in [5.41, 5.74) is 8.73. The van der Waals surface area contributed by atoms with Crippen LogP contribution in [-0.4, -0.2) is 25.0 Å². The van der Waals surface area contributed by atoms with Crippen molar-refractivity contribution in [3.05, 3.63) is 65.7 Å². The predicted octanol–water partition coefficient (Wildman–Crippen LogP) is 2.80. The van der Waals surface area contributed by atoms with Gasteiger partial charge in [0.15, 0.2) is 5.96 Å². The van der Waals surface area contributed by atoms with Crippen molar-refractivity contribution in [3.63, 3.8) is 0 Å². The average Bonchev–Trinajstić information content (AvgIpc) is 2.62. The van der Waals surface area contributed by atoms with Crippen LogP contribution in [0.3, 0.4) is 0 Å². The number of amides is 1. The smallest absolute Gasteiger partial charge is 0.251 e. The lowest BCUT2D eigenvalue weighted by Gasteiger charge is -2.07. The zero-order valence-corrected chi connectivity index (χ0v) is 14.0. The van der Waals surface area contributed by atoms with Crippen LogP contribution in [-0.2, 0) is 6.42 Å². The van der Waals surface area contributed by atoms with Gasteiger partial charge in [-0.15, -0.1) is 0 Å². The molecule has 0 saturated heterocycles. The van der Waals surface area contributed by atoms with E-state index in [9.17, 15) is 4.79 Å². The van der Waals surface area contributed by atoms with Crippen molar-refractivity contribution in [1.29, 1.82) is 0 Å². The molecule has 126 valence electrons. The summed E-state index contributed by atoms with van der Waals surface area (Å²) < 4.78 is 0. The third-order valence-electron chi connectivity index (χ3n) is 3.57. The number of aliphatic imine (C=N–C) groups is 1. The van der Waals surface area contributed by atoms with Crippen molar-refractivity contribution >= 4 is 17.6 Å². The Morgan fingerprint density at radius 3 is 2.46 bits per heavy atom. The molecule has 2 aromatic carbocycles. The summed E-state index contributed by atoms with van der Waals surface area (Å²) in [4.78, 5) is 16.1. The monoisotopic (exact) mass is 324 g/mol. The second-order valence-electron chi connectivity index (χ2n) is 5.42. The van der Waals surface area contributed by atoms with Crippen molar-refractivity contribution in [1.82, 2.24) is 5.32 Å². The molecule has 0 aliphatic rings. The van der Waals surface area contributed by atoms with Crippen molar-refractivity contribution < 1.29 is 4.79 Å². The molecule has 4 N–H and O–H groups in total. The van der Waals surface area contributed by atoms with Crippen LogP contribution < -0.4 is 16.4 Å². The first-order chi connectivity index (χ1) is 11.7. The van der Waals surface area contributed by atoms with Gasteiger partial charge < -0.3 is 16.4 Å². The first-order valence-electron chi connectivity index (χ1n) is 8.18. The van der Waals surface area contributed by atoms with E-state index in [2.05, 4.69) is 34.7 Å². The van der Waals surface area contributed by atoms with Crippen molar-refractivity contribution in [2.75, 3.05) is 18.4 Å². The lowest BCUT2D eigenvalue weighted by molar-refractivity contribution is 0.0953. The Bertz CT molecular complexity index is 666. The molecule has 0 spiro atoms. The summed E-state index contributed by atoms with van der Waals surface area (Å²) >= 11 is 0. The van der Waals surface area contributed by atoms with E-state index in [0.29, 0.717) is 24.6 Å². The number of anilines is 1. The van der Waals surface area contributed by atoms with E-state index in [4.69, 9.17) is 5.73 Å². The van der Waals surface area contributed by atoms with E-state index in [1.54, 1.807) is 12.1 Å². The molecule has 0 aliphatic heterocycles. The molecule has 0 aromatic heterocycles. The maximum atomic E-state index is 11.9. The maximum Gasteiger partial charge on any atom is 0.251 e. The second-order valence-corrected chi connectivity index (χ2v) is 5.42. The molecule has 24 heavy (non-hydrogen) atoms. The third kappa shape index (κ3) is 5.76. The van der Waals surface area contributed by atoms with E-state index in [0.717, 1.165) is 18.5 Å². The van der Waals surface area contributed by atoms with Crippen LogP contribution >= 0.6 is 0 Å². The highest BCUT2D eigenvalue weighted by atomic mass is 16.1.